The molecule has 0 bridgehead atoms. The lowest BCUT2D eigenvalue weighted by atomic mass is 10.4. The van der Waals surface area contributed by atoms with Gasteiger partial charge in [-0.1, -0.05) is 5.16 Å². The Morgan fingerprint density at radius 2 is 2.41 bits per heavy atom. The molecule has 88 valence electrons. The minimum Gasteiger partial charge on any atom is -0.409 e. The first-order chi connectivity index (χ1) is 8.15. The Kier molecular flexibility index (Phi) is 3.13. The van der Waals surface area contributed by atoms with Gasteiger partial charge in [-0.3, -0.25) is 9.36 Å². The Labute approximate surface area is 109 Å². The van der Waals surface area contributed by atoms with Gasteiger partial charge in [-0.25, -0.2) is 4.98 Å². The van der Waals surface area contributed by atoms with Gasteiger partial charge >= 0.3 is 0 Å². The van der Waals surface area contributed by atoms with Gasteiger partial charge < -0.3 is 15.9 Å². The minimum absolute atomic E-state index is 0.0483. The first-order valence-corrected chi connectivity index (χ1v) is 5.62. The summed E-state index contributed by atoms with van der Waals surface area (Å²) in [7, 11) is 0. The molecule has 0 atom stereocenters. The number of nitrogens with two attached hydrogens (primary N) is 1. The number of H-pyrrole nitrogens is 1. The van der Waals surface area contributed by atoms with Gasteiger partial charge in [0.05, 0.1) is 12.0 Å². The van der Waals surface area contributed by atoms with Crippen LogP contribution in [0.15, 0.2) is 34.6 Å². The molecule has 0 spiro atoms. The Hall–Kier alpha value is -1.84. The number of amidine groups is 1. The summed E-state index contributed by atoms with van der Waals surface area (Å²) in [6, 6.07) is 3.38. The quantitative estimate of drug-likeness (QED) is 0.238. The zero-order valence-corrected chi connectivity index (χ0v) is 10.6. The summed E-state index contributed by atoms with van der Waals surface area (Å²) in [6.45, 7) is 0. The van der Waals surface area contributed by atoms with Gasteiger partial charge in [0.25, 0.3) is 5.56 Å². The molecule has 0 aliphatic heterocycles. The van der Waals surface area contributed by atoms with E-state index in [2.05, 4.69) is 15.1 Å². The molecular formula is C9H8IN5O2. The van der Waals surface area contributed by atoms with Crippen LogP contribution in [0.1, 0.15) is 5.69 Å². The highest BCUT2D eigenvalue weighted by Crippen LogP contribution is 2.13. The summed E-state index contributed by atoms with van der Waals surface area (Å²) in [5.41, 5.74) is 5.75. The average Bonchev–Trinajstić information content (AvgIpc) is 2.80. The van der Waals surface area contributed by atoms with Crippen LogP contribution in [0.4, 0.5) is 0 Å². The van der Waals surface area contributed by atoms with Crippen molar-refractivity contribution in [3.05, 3.63) is 44.3 Å². The number of halogens is 1. The second kappa shape index (κ2) is 4.57. The maximum atomic E-state index is 11.5. The van der Waals surface area contributed by atoms with E-state index in [1.54, 1.807) is 22.9 Å². The van der Waals surface area contributed by atoms with Gasteiger partial charge in [0.15, 0.2) is 11.7 Å². The third-order valence-corrected chi connectivity index (χ3v) is 3.10. The lowest BCUT2D eigenvalue weighted by Crippen LogP contribution is -2.21. The fourth-order valence-corrected chi connectivity index (χ4v) is 1.92. The summed E-state index contributed by atoms with van der Waals surface area (Å²) in [4.78, 5) is 18.0. The van der Waals surface area contributed by atoms with E-state index in [4.69, 9.17) is 10.9 Å². The van der Waals surface area contributed by atoms with Crippen molar-refractivity contribution in [2.75, 3.05) is 0 Å². The maximum absolute atomic E-state index is 11.5. The highest BCUT2D eigenvalue weighted by Gasteiger charge is 2.12. The number of aromatic nitrogens is 3. The molecule has 4 N–H and O–H groups in total. The summed E-state index contributed by atoms with van der Waals surface area (Å²) in [6.07, 6.45) is 2.98. The molecule has 0 saturated carbocycles. The van der Waals surface area contributed by atoms with Crippen molar-refractivity contribution in [2.24, 2.45) is 10.9 Å². The van der Waals surface area contributed by atoms with Crippen LogP contribution >= 0.6 is 22.6 Å². The van der Waals surface area contributed by atoms with E-state index >= 15 is 0 Å². The number of aromatic amines is 1. The van der Waals surface area contributed by atoms with Crippen molar-refractivity contribution in [3.63, 3.8) is 0 Å². The van der Waals surface area contributed by atoms with E-state index in [1.165, 1.54) is 6.33 Å². The van der Waals surface area contributed by atoms with E-state index in [9.17, 15) is 4.79 Å². The largest absolute Gasteiger partial charge is 0.409 e. The van der Waals surface area contributed by atoms with Crippen molar-refractivity contribution >= 4 is 28.4 Å². The molecule has 2 aromatic heterocycles. The van der Waals surface area contributed by atoms with Crippen molar-refractivity contribution in [3.8, 4) is 5.82 Å². The van der Waals surface area contributed by atoms with Crippen LogP contribution in [0.3, 0.4) is 0 Å². The summed E-state index contributed by atoms with van der Waals surface area (Å²) in [5.74, 6) is 0.383. The first kappa shape index (κ1) is 11.6. The van der Waals surface area contributed by atoms with Crippen LogP contribution in [-0.2, 0) is 0 Å². The lowest BCUT2D eigenvalue weighted by Gasteiger charge is -2.07. The molecule has 0 aliphatic rings. The Bertz CT molecular complexity index is 630. The minimum atomic E-state index is -0.241. The van der Waals surface area contributed by atoms with Crippen molar-refractivity contribution in [1.82, 2.24) is 14.5 Å². The van der Waals surface area contributed by atoms with E-state index in [0.717, 1.165) is 0 Å². The normalized spacial score (nSPS) is 11.7. The molecule has 0 aromatic carbocycles. The number of nitrogens with zero attached hydrogens (tertiary/aromatic N) is 3. The molecule has 0 amide bonds. The van der Waals surface area contributed by atoms with Crippen LogP contribution in [0.25, 0.3) is 5.82 Å². The smallest absolute Gasteiger partial charge is 0.266 e. The number of hydrogen-bond acceptors (Lipinski definition) is 4. The fourth-order valence-electron chi connectivity index (χ4n) is 1.37. The third kappa shape index (κ3) is 2.02. The molecule has 17 heavy (non-hydrogen) atoms. The molecule has 0 unspecified atom stereocenters. The van der Waals surface area contributed by atoms with Gasteiger partial charge in [-0.15, -0.1) is 0 Å². The molecule has 7 nitrogen and oxygen atoms in total. The van der Waals surface area contributed by atoms with Crippen LogP contribution in [-0.4, -0.2) is 25.6 Å². The predicted molar refractivity (Wildman–Crippen MR) is 69.4 cm³/mol. The van der Waals surface area contributed by atoms with Gasteiger partial charge in [0.1, 0.15) is 3.57 Å². The summed E-state index contributed by atoms with van der Waals surface area (Å²) in [5, 5.41) is 11.6. The van der Waals surface area contributed by atoms with Crippen LogP contribution in [0, 0.1) is 3.57 Å². The van der Waals surface area contributed by atoms with E-state index in [-0.39, 0.29) is 11.4 Å². The number of rotatable bonds is 2. The molecule has 0 saturated heterocycles. The van der Waals surface area contributed by atoms with E-state index in [0.29, 0.717) is 15.1 Å². The van der Waals surface area contributed by atoms with Crippen LogP contribution < -0.4 is 11.3 Å². The molecular weight excluding hydrogens is 337 g/mol. The van der Waals surface area contributed by atoms with Crippen LogP contribution in [0.2, 0.25) is 0 Å². The average molecular weight is 345 g/mol. The van der Waals surface area contributed by atoms with E-state index < -0.39 is 0 Å². The van der Waals surface area contributed by atoms with Gasteiger partial charge in [0.2, 0.25) is 0 Å². The molecule has 2 heterocycles. The fraction of sp³-hybridized carbons (Fsp3) is 0. The number of nitrogens with one attached hydrogen (secondary N) is 1. The Morgan fingerprint density at radius 1 is 1.65 bits per heavy atom. The second-order valence-corrected chi connectivity index (χ2v) is 4.20. The maximum Gasteiger partial charge on any atom is 0.266 e. The molecule has 0 fully saturated rings. The molecule has 2 aromatic rings. The van der Waals surface area contributed by atoms with Crippen LogP contribution in [0.5, 0.6) is 0 Å². The summed E-state index contributed by atoms with van der Waals surface area (Å²) >= 11 is 1.89. The van der Waals surface area contributed by atoms with Crippen molar-refractivity contribution < 1.29 is 5.21 Å². The van der Waals surface area contributed by atoms with Gasteiger partial charge in [0, 0.05) is 6.20 Å². The Balaban J connectivity index is 2.66. The summed E-state index contributed by atoms with van der Waals surface area (Å²) < 4.78 is 2.00. The lowest BCUT2D eigenvalue weighted by molar-refractivity contribution is 0.318. The second-order valence-electron chi connectivity index (χ2n) is 3.12. The topological polar surface area (TPSA) is 109 Å². The predicted octanol–water partition coefficient (Wildman–Crippen LogP) is 0.260. The third-order valence-electron chi connectivity index (χ3n) is 2.13. The van der Waals surface area contributed by atoms with E-state index in [1.807, 2.05) is 22.6 Å². The standard InChI is InChI=1S/C9H8IN5O2/c10-6-8(12-4-13-9(6)16)15-3-1-2-5(15)7(11)14-17/h1-4,17H,(H2,11,14)(H,12,13,16). The first-order valence-electron chi connectivity index (χ1n) is 4.54. The monoisotopic (exact) mass is 345 g/mol. The van der Waals surface area contributed by atoms with Crippen molar-refractivity contribution in [2.45, 2.75) is 0 Å². The van der Waals surface area contributed by atoms with Gasteiger partial charge in [-0.05, 0) is 34.7 Å². The number of hydrogen-bond donors (Lipinski definition) is 3. The van der Waals surface area contributed by atoms with Crippen molar-refractivity contribution in [1.29, 1.82) is 0 Å². The molecule has 8 heteroatoms. The number of oxime groups is 1. The highest BCUT2D eigenvalue weighted by molar-refractivity contribution is 14.1. The SMILES string of the molecule is N/C(=N/O)c1cccn1-c1nc[nH]c(=O)c1I. The molecule has 0 aliphatic carbocycles. The zero-order chi connectivity index (χ0) is 12.4. The highest BCUT2D eigenvalue weighted by atomic mass is 127. The van der Waals surface area contributed by atoms with Gasteiger partial charge in [-0.2, -0.15) is 0 Å². The Morgan fingerprint density at radius 3 is 3.12 bits per heavy atom. The molecule has 2 rings (SSSR count). The molecule has 0 radical (unpaired) electrons. The zero-order valence-electron chi connectivity index (χ0n) is 8.46.